The number of rotatable bonds is 26. The van der Waals surface area contributed by atoms with Gasteiger partial charge in [-0.15, -0.1) is 0 Å². The van der Waals surface area contributed by atoms with Crippen molar-refractivity contribution >= 4 is 56.1 Å². The number of benzene rings is 8. The maximum absolute atomic E-state index is 12.4. The Balaban J connectivity index is 0.000000182. The molecular formula is C85H97N7O16. The minimum atomic E-state index is -0.318. The smallest absolute Gasteiger partial charge is 0.315 e. The molecule has 2 fully saturated rings. The molecular weight excluding hydrogens is 1370 g/mol. The normalized spacial score (nSPS) is 12.4. The number of morpholine rings is 2. The van der Waals surface area contributed by atoms with E-state index in [2.05, 4.69) is 24.8 Å². The topological polar surface area (TPSA) is 268 Å². The van der Waals surface area contributed by atoms with Crippen molar-refractivity contribution in [3.8, 4) is 80.5 Å². The molecule has 23 heteroatoms. The Bertz CT molecular complexity index is 4570. The van der Waals surface area contributed by atoms with E-state index in [1.54, 1.807) is 104 Å². The van der Waals surface area contributed by atoms with Crippen molar-refractivity contribution in [3.63, 3.8) is 0 Å². The molecule has 11 aromatic rings. The number of pyridine rings is 3. The number of nitrogen functional groups attached to an aromatic ring is 1. The van der Waals surface area contributed by atoms with Gasteiger partial charge >= 0.3 is 11.9 Å². The van der Waals surface area contributed by atoms with Gasteiger partial charge in [0.1, 0.15) is 51.8 Å². The number of hydrogen-bond acceptors (Lipinski definition) is 23. The Morgan fingerprint density at radius 1 is 0.407 bits per heavy atom. The fourth-order valence-corrected chi connectivity index (χ4v) is 11.3. The van der Waals surface area contributed by atoms with Crippen LogP contribution in [0, 0.1) is 0 Å². The highest BCUT2D eigenvalue weighted by Gasteiger charge is 2.17. The second kappa shape index (κ2) is 43.7. The van der Waals surface area contributed by atoms with E-state index in [0.29, 0.717) is 99.0 Å². The summed E-state index contributed by atoms with van der Waals surface area (Å²) >= 11 is 0. The highest BCUT2D eigenvalue weighted by atomic mass is 16.5. The Labute approximate surface area is 631 Å². The van der Waals surface area contributed by atoms with Gasteiger partial charge < -0.3 is 73.0 Å². The SMILES string of the molecule is C.CC(=O)Oc1ccccc1.COc1cc2nccc(Oc3ccc(CC(=O)CCCCN4CCOCC4)cc3)c2cc1OC.COc1cc2nccc(Oc3ccc(CC(=O)Oc4ccccc4)cc3)c2cc1OC.COc1cc2nccc(Oc3ccc(N)cc3)c2cc1OC.NCCCN1CCOCC1. The standard InChI is InChI=1S/C27H32N2O5.C25H21NO5.C17H16N2O3.C8H8O2.C7H16N2O.CH4/c1-31-26-18-23-24(19-27(26)32-2)28-11-10-25(23)34-22-8-6-20(7-9-22)17-21(30)5-3-4-12-29-13-15-33-16-14-29;1-28-23-15-20-21(16-24(23)29-2)26-13-12-22(20)30-19-10-8-17(9-11-19)14-25(27)31-18-6-4-3-5-7-18;1-20-16-9-13-14(10-17(16)21-2)19-8-7-15(13)22-12-5-3-11(18)4-6-12;1-7(9)10-8-5-3-2-4-6-8;8-2-1-3-9-4-6-10-7-5-9;/h6-11,18-19H,3-5,12-17H2,1-2H3;3-13,15-16H,14H2,1-2H3;3-10H,18H2,1-2H3;2-6H,1H3;1-8H2;1H4. The van der Waals surface area contributed by atoms with Crippen LogP contribution in [0.4, 0.5) is 5.69 Å². The number of hydrogen-bond donors (Lipinski definition) is 2. The van der Waals surface area contributed by atoms with Gasteiger partial charge in [0, 0.05) is 105 Å². The maximum Gasteiger partial charge on any atom is 0.315 e. The van der Waals surface area contributed by atoms with E-state index in [1.165, 1.54) is 6.92 Å². The molecule has 23 nitrogen and oxygen atoms in total. The van der Waals surface area contributed by atoms with Gasteiger partial charge in [0.15, 0.2) is 34.5 Å². The van der Waals surface area contributed by atoms with E-state index < -0.39 is 0 Å². The lowest BCUT2D eigenvalue weighted by atomic mass is 10.0. The largest absolute Gasteiger partial charge is 0.493 e. The number of anilines is 1. The number of para-hydroxylation sites is 2. The predicted octanol–water partition coefficient (Wildman–Crippen LogP) is 15.4. The van der Waals surface area contributed by atoms with E-state index in [9.17, 15) is 14.4 Å². The summed E-state index contributed by atoms with van der Waals surface area (Å²) in [4.78, 5) is 52.9. The zero-order valence-electron chi connectivity index (χ0n) is 61.6. The van der Waals surface area contributed by atoms with Gasteiger partial charge in [-0.1, -0.05) is 68.1 Å². The average molecular weight is 1470 g/mol. The van der Waals surface area contributed by atoms with Crippen LogP contribution in [0.3, 0.4) is 0 Å². The molecule has 0 bridgehead atoms. The fourth-order valence-electron chi connectivity index (χ4n) is 11.3. The van der Waals surface area contributed by atoms with Gasteiger partial charge in [-0.3, -0.25) is 39.1 Å². The van der Waals surface area contributed by atoms with Crippen LogP contribution in [0.25, 0.3) is 32.7 Å². The summed E-state index contributed by atoms with van der Waals surface area (Å²) in [7, 11) is 9.56. The molecule has 2 saturated heterocycles. The first-order valence-electron chi connectivity index (χ1n) is 35.2. The minimum Gasteiger partial charge on any atom is -0.493 e. The van der Waals surface area contributed by atoms with Crippen molar-refractivity contribution in [2.45, 2.75) is 52.9 Å². The molecule has 8 aromatic carbocycles. The highest BCUT2D eigenvalue weighted by Crippen LogP contribution is 2.40. The zero-order valence-corrected chi connectivity index (χ0v) is 61.6. The molecule has 568 valence electrons. The summed E-state index contributed by atoms with van der Waals surface area (Å²) in [5.41, 5.74) is 15.9. The molecule has 2 aliphatic rings. The molecule has 13 rings (SSSR count). The molecule has 0 saturated carbocycles. The first-order valence-corrected chi connectivity index (χ1v) is 35.2. The average Bonchev–Trinajstić information content (AvgIpc) is 0.807. The number of carbonyl (C=O) groups is 3. The Hall–Kier alpha value is -11.6. The number of unbranched alkanes of at least 4 members (excludes halogenated alkanes) is 1. The van der Waals surface area contributed by atoms with Crippen molar-refractivity contribution in [2.24, 2.45) is 5.73 Å². The van der Waals surface area contributed by atoms with E-state index >= 15 is 0 Å². The number of carbonyl (C=O) groups excluding carboxylic acids is 3. The van der Waals surface area contributed by atoms with Crippen LogP contribution in [0.5, 0.6) is 80.5 Å². The molecule has 0 radical (unpaired) electrons. The number of Topliss-reactive ketones (excluding diaryl/α,β-unsaturated/α-hetero) is 1. The van der Waals surface area contributed by atoms with E-state index in [4.69, 9.17) is 73.0 Å². The minimum absolute atomic E-state index is 0. The molecule has 4 N–H and O–H groups in total. The summed E-state index contributed by atoms with van der Waals surface area (Å²) in [6, 6.07) is 56.7. The molecule has 0 atom stereocenters. The molecule has 108 heavy (non-hydrogen) atoms. The van der Waals surface area contributed by atoms with E-state index in [-0.39, 0.29) is 31.6 Å². The van der Waals surface area contributed by atoms with Crippen molar-refractivity contribution in [1.82, 2.24) is 24.8 Å². The fraction of sp³-hybridized carbons (Fsp3) is 0.294. The third-order valence-corrected chi connectivity index (χ3v) is 16.8. The predicted molar refractivity (Wildman–Crippen MR) is 420 cm³/mol. The van der Waals surface area contributed by atoms with Crippen LogP contribution >= 0.6 is 0 Å². The quantitative estimate of drug-likeness (QED) is 0.0221. The molecule has 2 aliphatic heterocycles. The van der Waals surface area contributed by atoms with Gasteiger partial charge in [0.05, 0.1) is 92.1 Å². The zero-order chi connectivity index (χ0) is 75.5. The second-order valence-corrected chi connectivity index (χ2v) is 24.4. The Kier molecular flexibility index (Phi) is 33.2. The number of ether oxygens (including phenoxy) is 13. The van der Waals surface area contributed by atoms with Crippen molar-refractivity contribution < 1.29 is 76.0 Å². The highest BCUT2D eigenvalue weighted by molar-refractivity contribution is 5.90. The summed E-state index contributed by atoms with van der Waals surface area (Å²) in [5.74, 6) is 8.55. The Morgan fingerprint density at radius 2 is 0.759 bits per heavy atom. The lowest BCUT2D eigenvalue weighted by Gasteiger charge is -2.26. The molecule has 0 spiro atoms. The van der Waals surface area contributed by atoms with Gasteiger partial charge in [-0.2, -0.15) is 0 Å². The van der Waals surface area contributed by atoms with Gasteiger partial charge in [-0.05, 0) is 159 Å². The van der Waals surface area contributed by atoms with Gasteiger partial charge in [0.25, 0.3) is 0 Å². The third-order valence-electron chi connectivity index (χ3n) is 16.8. The van der Waals surface area contributed by atoms with Crippen LogP contribution in [0.1, 0.15) is 51.2 Å². The number of ketones is 1. The molecule has 3 aromatic heterocycles. The maximum atomic E-state index is 12.4. The van der Waals surface area contributed by atoms with E-state index in [0.717, 1.165) is 135 Å². The van der Waals surface area contributed by atoms with Crippen LogP contribution in [0.15, 0.2) is 207 Å². The number of esters is 2. The molecule has 0 amide bonds. The monoisotopic (exact) mass is 1470 g/mol. The first kappa shape index (κ1) is 82.1. The summed E-state index contributed by atoms with van der Waals surface area (Å²) in [5, 5.41) is 2.48. The lowest BCUT2D eigenvalue weighted by Crippen LogP contribution is -2.37. The Morgan fingerprint density at radius 3 is 1.13 bits per heavy atom. The molecule has 5 heterocycles. The van der Waals surface area contributed by atoms with Crippen LogP contribution < -0.4 is 63.6 Å². The molecule has 0 aliphatic carbocycles. The third kappa shape index (κ3) is 25.6. The van der Waals surface area contributed by atoms with Gasteiger partial charge in [-0.25, -0.2) is 0 Å². The summed E-state index contributed by atoms with van der Waals surface area (Å²) in [6.07, 6.45) is 9.41. The second-order valence-electron chi connectivity index (χ2n) is 24.4. The molecule has 0 unspecified atom stereocenters. The van der Waals surface area contributed by atoms with Gasteiger partial charge in [0.2, 0.25) is 0 Å². The first-order chi connectivity index (χ1) is 52.2. The van der Waals surface area contributed by atoms with Crippen LogP contribution in [-0.2, 0) is 36.7 Å². The summed E-state index contributed by atoms with van der Waals surface area (Å²) in [6.45, 7) is 12.0. The van der Waals surface area contributed by atoms with Crippen molar-refractivity contribution in [2.75, 3.05) is 121 Å². The van der Waals surface area contributed by atoms with Crippen LogP contribution in [0.2, 0.25) is 0 Å². The number of methoxy groups -OCH3 is 6. The van der Waals surface area contributed by atoms with E-state index in [1.807, 2.05) is 146 Å². The number of nitrogens with two attached hydrogens (primary N) is 2. The van der Waals surface area contributed by atoms with Crippen molar-refractivity contribution in [3.05, 3.63) is 218 Å². The van der Waals surface area contributed by atoms with Crippen molar-refractivity contribution in [1.29, 1.82) is 0 Å². The number of nitrogens with zero attached hydrogens (tertiary/aromatic N) is 5. The summed E-state index contributed by atoms with van der Waals surface area (Å²) < 4.78 is 71.0. The number of aromatic nitrogens is 3. The van der Waals surface area contributed by atoms with Crippen LogP contribution in [-0.4, -0.2) is 157 Å². The number of fused-ring (bicyclic) bond motifs is 3. The lowest BCUT2D eigenvalue weighted by molar-refractivity contribution is -0.134.